The van der Waals surface area contributed by atoms with Gasteiger partial charge in [-0.15, -0.1) is 0 Å². The lowest BCUT2D eigenvalue weighted by Crippen LogP contribution is -2.46. The molecule has 1 saturated heterocycles. The normalized spacial score (nSPS) is 14.4. The van der Waals surface area contributed by atoms with Crippen LogP contribution in [0.1, 0.15) is 29.5 Å². The first-order valence-electron chi connectivity index (χ1n) is 14.4. The number of rotatable bonds is 10. The molecule has 4 aromatic carbocycles. The highest BCUT2D eigenvalue weighted by Crippen LogP contribution is 2.31. The van der Waals surface area contributed by atoms with Crippen molar-refractivity contribution in [1.82, 2.24) is 14.5 Å². The fourth-order valence-corrected chi connectivity index (χ4v) is 5.97. The summed E-state index contributed by atoms with van der Waals surface area (Å²) in [6.07, 6.45) is 3.35. The van der Waals surface area contributed by atoms with E-state index in [1.165, 1.54) is 11.1 Å². The van der Waals surface area contributed by atoms with Gasteiger partial charge in [-0.1, -0.05) is 91.0 Å². The van der Waals surface area contributed by atoms with Crippen molar-refractivity contribution >= 4 is 17.0 Å². The number of methoxy groups -OCH3 is 1. The summed E-state index contributed by atoms with van der Waals surface area (Å²) in [6.45, 7) is 4.87. The molecular formula is C35H38N4O. The highest BCUT2D eigenvalue weighted by atomic mass is 16.5. The molecule has 0 aliphatic carbocycles. The van der Waals surface area contributed by atoms with E-state index in [0.717, 1.165) is 73.7 Å². The Labute approximate surface area is 237 Å². The third-order valence-corrected chi connectivity index (χ3v) is 8.17. The van der Waals surface area contributed by atoms with E-state index in [-0.39, 0.29) is 0 Å². The molecule has 5 heteroatoms. The minimum absolute atomic E-state index is 0.418. The van der Waals surface area contributed by atoms with Crippen molar-refractivity contribution in [3.8, 4) is 5.75 Å². The van der Waals surface area contributed by atoms with Gasteiger partial charge in [0.15, 0.2) is 0 Å². The lowest BCUT2D eigenvalue weighted by Gasteiger charge is -2.39. The number of ether oxygens (including phenoxy) is 1. The summed E-state index contributed by atoms with van der Waals surface area (Å²) in [4.78, 5) is 10.5. The van der Waals surface area contributed by atoms with E-state index >= 15 is 0 Å². The maximum absolute atomic E-state index is 5.73. The maximum atomic E-state index is 5.73. The summed E-state index contributed by atoms with van der Waals surface area (Å²) in [7, 11) is 1.75. The molecule has 0 amide bonds. The Hall–Kier alpha value is -4.09. The van der Waals surface area contributed by atoms with Crippen molar-refractivity contribution in [2.24, 2.45) is 0 Å². The highest BCUT2D eigenvalue weighted by Gasteiger charge is 2.29. The summed E-state index contributed by atoms with van der Waals surface area (Å²) < 4.78 is 8.12. The second kappa shape index (κ2) is 12.4. The van der Waals surface area contributed by atoms with Crippen LogP contribution in [0.5, 0.6) is 5.75 Å². The molecule has 1 aliphatic heterocycles. The lowest BCUT2D eigenvalue weighted by atomic mass is 10.0. The quantitative estimate of drug-likeness (QED) is 0.199. The molecule has 5 aromatic rings. The van der Waals surface area contributed by atoms with Gasteiger partial charge in [-0.05, 0) is 48.6 Å². The minimum Gasteiger partial charge on any atom is -0.496 e. The average molecular weight is 531 g/mol. The number of nitrogens with zero attached hydrogens (tertiary/aromatic N) is 4. The van der Waals surface area contributed by atoms with Crippen LogP contribution in [0.15, 0.2) is 109 Å². The Morgan fingerprint density at radius 3 is 2.17 bits per heavy atom. The first kappa shape index (κ1) is 26.1. The molecule has 0 radical (unpaired) electrons. The molecule has 0 saturated carbocycles. The number of hydrogen-bond acceptors (Lipinski definition) is 4. The predicted molar refractivity (Wildman–Crippen MR) is 164 cm³/mol. The maximum Gasteiger partial charge on any atom is 0.207 e. The topological polar surface area (TPSA) is 33.5 Å². The van der Waals surface area contributed by atoms with E-state index in [0.29, 0.717) is 12.6 Å². The van der Waals surface area contributed by atoms with Gasteiger partial charge in [-0.3, -0.25) is 0 Å². The number of likely N-dealkylation sites (tertiary alicyclic amines) is 1. The van der Waals surface area contributed by atoms with Crippen molar-refractivity contribution < 1.29 is 4.74 Å². The molecule has 40 heavy (non-hydrogen) atoms. The zero-order chi connectivity index (χ0) is 27.1. The molecule has 0 unspecified atom stereocenters. The fraction of sp³-hybridized carbons (Fsp3) is 0.286. The average Bonchev–Trinajstić information content (AvgIpc) is 3.38. The molecule has 0 bridgehead atoms. The molecule has 1 aromatic heterocycles. The van der Waals surface area contributed by atoms with Crippen molar-refractivity contribution in [1.29, 1.82) is 0 Å². The van der Waals surface area contributed by atoms with Crippen LogP contribution in [-0.2, 0) is 19.5 Å². The summed E-state index contributed by atoms with van der Waals surface area (Å²) in [6, 6.07) is 38.9. The summed E-state index contributed by atoms with van der Waals surface area (Å²) in [5, 5.41) is 0. The predicted octanol–water partition coefficient (Wildman–Crippen LogP) is 6.81. The Balaban J connectivity index is 1.30. The van der Waals surface area contributed by atoms with Crippen LogP contribution in [-0.4, -0.2) is 47.2 Å². The smallest absolute Gasteiger partial charge is 0.207 e. The van der Waals surface area contributed by atoms with Gasteiger partial charge in [0, 0.05) is 37.8 Å². The van der Waals surface area contributed by atoms with Gasteiger partial charge in [0.25, 0.3) is 0 Å². The van der Waals surface area contributed by atoms with Crippen molar-refractivity contribution in [3.63, 3.8) is 0 Å². The lowest BCUT2D eigenvalue weighted by molar-refractivity contribution is 0.209. The molecule has 0 atom stereocenters. The fourth-order valence-electron chi connectivity index (χ4n) is 5.97. The first-order valence-corrected chi connectivity index (χ1v) is 14.4. The van der Waals surface area contributed by atoms with Gasteiger partial charge >= 0.3 is 0 Å². The molecule has 204 valence electrons. The number of fused-ring (bicyclic) bond motifs is 1. The van der Waals surface area contributed by atoms with E-state index in [1.807, 2.05) is 12.1 Å². The van der Waals surface area contributed by atoms with Crippen molar-refractivity contribution in [2.45, 2.75) is 38.4 Å². The van der Waals surface area contributed by atoms with Crippen LogP contribution < -0.4 is 9.64 Å². The van der Waals surface area contributed by atoms with Crippen LogP contribution in [0.2, 0.25) is 0 Å². The van der Waals surface area contributed by atoms with Gasteiger partial charge in [-0.2, -0.15) is 0 Å². The zero-order valence-electron chi connectivity index (χ0n) is 23.3. The summed E-state index contributed by atoms with van der Waals surface area (Å²) in [5.74, 6) is 1.95. The number of piperidine rings is 1. The number of imidazole rings is 1. The second-order valence-corrected chi connectivity index (χ2v) is 10.7. The third-order valence-electron chi connectivity index (χ3n) is 8.17. The first-order chi connectivity index (χ1) is 19.8. The Bertz CT molecular complexity index is 1510. The van der Waals surface area contributed by atoms with Gasteiger partial charge < -0.3 is 19.1 Å². The van der Waals surface area contributed by atoms with Gasteiger partial charge in [0.2, 0.25) is 5.95 Å². The van der Waals surface area contributed by atoms with E-state index in [9.17, 15) is 0 Å². The largest absolute Gasteiger partial charge is 0.496 e. The minimum atomic E-state index is 0.418. The van der Waals surface area contributed by atoms with E-state index < -0.39 is 0 Å². The van der Waals surface area contributed by atoms with E-state index in [2.05, 4.69) is 111 Å². The Morgan fingerprint density at radius 2 is 1.43 bits per heavy atom. The standard InChI is InChI=1S/C35H38N4O/c1-40-34-19-11-8-16-30(34)27-39-33-18-10-9-17-32(33)36-35(39)38(26-29-14-6-3-7-15-29)31-21-24-37(25-22-31)23-20-28-12-4-2-5-13-28/h2-19,31H,20-27H2,1H3. The van der Waals surface area contributed by atoms with Crippen LogP contribution in [0.25, 0.3) is 11.0 Å². The van der Waals surface area contributed by atoms with Crippen LogP contribution in [0, 0.1) is 0 Å². The monoisotopic (exact) mass is 530 g/mol. The second-order valence-electron chi connectivity index (χ2n) is 10.7. The summed E-state index contributed by atoms with van der Waals surface area (Å²) >= 11 is 0. The number of benzene rings is 4. The van der Waals surface area contributed by atoms with Crippen LogP contribution in [0.4, 0.5) is 5.95 Å². The number of aromatic nitrogens is 2. The molecular weight excluding hydrogens is 492 g/mol. The molecule has 1 aliphatic rings. The zero-order valence-corrected chi connectivity index (χ0v) is 23.3. The Kier molecular flexibility index (Phi) is 8.10. The van der Waals surface area contributed by atoms with E-state index in [4.69, 9.17) is 9.72 Å². The van der Waals surface area contributed by atoms with Crippen molar-refractivity contribution in [2.75, 3.05) is 31.6 Å². The van der Waals surface area contributed by atoms with Crippen LogP contribution in [0.3, 0.4) is 0 Å². The van der Waals surface area contributed by atoms with Crippen LogP contribution >= 0.6 is 0 Å². The number of anilines is 1. The number of hydrogen-bond donors (Lipinski definition) is 0. The SMILES string of the molecule is COc1ccccc1Cn1c(N(Cc2ccccc2)C2CCN(CCc3ccccc3)CC2)nc2ccccc21. The van der Waals surface area contributed by atoms with E-state index in [1.54, 1.807) is 7.11 Å². The molecule has 6 rings (SSSR count). The van der Waals surface area contributed by atoms with Crippen molar-refractivity contribution in [3.05, 3.63) is 126 Å². The van der Waals surface area contributed by atoms with Gasteiger partial charge in [0.05, 0.1) is 24.7 Å². The molecule has 2 heterocycles. The van der Waals surface area contributed by atoms with Gasteiger partial charge in [0.1, 0.15) is 5.75 Å². The number of para-hydroxylation sites is 3. The Morgan fingerprint density at radius 1 is 0.775 bits per heavy atom. The molecule has 1 fully saturated rings. The third kappa shape index (κ3) is 5.90. The molecule has 0 spiro atoms. The van der Waals surface area contributed by atoms with Gasteiger partial charge in [-0.25, -0.2) is 4.98 Å². The highest BCUT2D eigenvalue weighted by molar-refractivity contribution is 5.79. The molecule has 5 nitrogen and oxygen atoms in total. The molecule has 0 N–H and O–H groups in total. The summed E-state index contributed by atoms with van der Waals surface area (Å²) in [5.41, 5.74) is 6.07.